The first-order valence-corrected chi connectivity index (χ1v) is 7.00. The zero-order chi connectivity index (χ0) is 11.7. The Labute approximate surface area is 110 Å². The third-order valence-corrected chi connectivity index (χ3v) is 3.96. The maximum absolute atomic E-state index is 5.96. The van der Waals surface area contributed by atoms with Gasteiger partial charge in [-0.25, -0.2) is 4.98 Å². The molecule has 0 N–H and O–H groups in total. The highest BCUT2D eigenvalue weighted by Gasteiger charge is 2.30. The lowest BCUT2D eigenvalue weighted by atomic mass is 10.3. The lowest BCUT2D eigenvalue weighted by molar-refractivity contribution is 0.787. The Morgan fingerprint density at radius 1 is 1.29 bits per heavy atom. The number of nitrogens with zero attached hydrogens (tertiary/aromatic N) is 2. The molecule has 2 heterocycles. The molecule has 0 bridgehead atoms. The summed E-state index contributed by atoms with van der Waals surface area (Å²) in [6.45, 7) is 0.940. The summed E-state index contributed by atoms with van der Waals surface area (Å²) in [5.74, 6) is 0.994. The Bertz CT molecular complexity index is 494. The molecule has 2 aromatic heterocycles. The van der Waals surface area contributed by atoms with Crippen LogP contribution in [0, 0.1) is 0 Å². The summed E-state index contributed by atoms with van der Waals surface area (Å²) in [6, 6.07) is 10.7. The molecule has 1 fully saturated rings. The summed E-state index contributed by atoms with van der Waals surface area (Å²) >= 11 is 7.75. The van der Waals surface area contributed by atoms with Crippen molar-refractivity contribution in [2.24, 2.45) is 0 Å². The maximum atomic E-state index is 5.96. The summed E-state index contributed by atoms with van der Waals surface area (Å²) < 4.78 is 0. The second kappa shape index (κ2) is 4.67. The molecule has 1 aliphatic rings. The monoisotopic (exact) mass is 264 g/mol. The van der Waals surface area contributed by atoms with Crippen molar-refractivity contribution in [3.8, 4) is 0 Å². The topological polar surface area (TPSA) is 16.1 Å². The van der Waals surface area contributed by atoms with Crippen LogP contribution in [-0.2, 0) is 6.54 Å². The average molecular weight is 265 g/mol. The fourth-order valence-corrected chi connectivity index (χ4v) is 2.77. The van der Waals surface area contributed by atoms with Crippen LogP contribution < -0.4 is 4.90 Å². The quantitative estimate of drug-likeness (QED) is 0.777. The summed E-state index contributed by atoms with van der Waals surface area (Å²) in [6.07, 6.45) is 2.53. The Morgan fingerprint density at radius 2 is 2.18 bits per heavy atom. The molecule has 0 saturated heterocycles. The van der Waals surface area contributed by atoms with Gasteiger partial charge in [0.25, 0.3) is 0 Å². The van der Waals surface area contributed by atoms with Crippen molar-refractivity contribution < 1.29 is 0 Å². The van der Waals surface area contributed by atoms with Crippen LogP contribution in [-0.4, -0.2) is 11.0 Å². The van der Waals surface area contributed by atoms with E-state index in [1.807, 2.05) is 18.2 Å². The van der Waals surface area contributed by atoms with E-state index in [9.17, 15) is 0 Å². The van der Waals surface area contributed by atoms with Crippen LogP contribution in [0.4, 0.5) is 5.82 Å². The van der Waals surface area contributed by atoms with E-state index in [0.29, 0.717) is 11.2 Å². The van der Waals surface area contributed by atoms with E-state index < -0.39 is 0 Å². The van der Waals surface area contributed by atoms with E-state index in [0.717, 1.165) is 12.4 Å². The number of hydrogen-bond acceptors (Lipinski definition) is 3. The minimum absolute atomic E-state index is 0.569. The average Bonchev–Trinajstić information content (AvgIpc) is 3.03. The van der Waals surface area contributed by atoms with Gasteiger partial charge in [-0.1, -0.05) is 23.7 Å². The molecule has 4 heteroatoms. The molecule has 0 radical (unpaired) electrons. The van der Waals surface area contributed by atoms with Crippen LogP contribution in [0.2, 0.25) is 5.15 Å². The molecule has 17 heavy (non-hydrogen) atoms. The molecule has 1 aliphatic carbocycles. The van der Waals surface area contributed by atoms with E-state index in [2.05, 4.69) is 27.4 Å². The highest BCUT2D eigenvalue weighted by molar-refractivity contribution is 7.09. The summed E-state index contributed by atoms with van der Waals surface area (Å²) in [7, 11) is 0. The summed E-state index contributed by atoms with van der Waals surface area (Å²) in [5.41, 5.74) is 0. The Hall–Kier alpha value is -1.06. The van der Waals surface area contributed by atoms with E-state index >= 15 is 0 Å². The van der Waals surface area contributed by atoms with Crippen molar-refractivity contribution in [1.29, 1.82) is 0 Å². The van der Waals surface area contributed by atoms with Crippen LogP contribution in [0.15, 0.2) is 35.7 Å². The molecular formula is C13H13ClN2S. The van der Waals surface area contributed by atoms with Crippen LogP contribution >= 0.6 is 22.9 Å². The number of thiophene rings is 1. The van der Waals surface area contributed by atoms with Gasteiger partial charge >= 0.3 is 0 Å². The van der Waals surface area contributed by atoms with Gasteiger partial charge in [0.05, 0.1) is 6.54 Å². The summed E-state index contributed by atoms with van der Waals surface area (Å²) in [4.78, 5) is 8.14. The van der Waals surface area contributed by atoms with Crippen molar-refractivity contribution >= 4 is 28.8 Å². The molecule has 3 rings (SSSR count). The third kappa shape index (κ3) is 2.61. The number of pyridine rings is 1. The molecule has 0 spiro atoms. The van der Waals surface area contributed by atoms with E-state index in [-0.39, 0.29) is 0 Å². The normalized spacial score (nSPS) is 14.9. The molecule has 2 nitrogen and oxygen atoms in total. The van der Waals surface area contributed by atoms with E-state index in [1.165, 1.54) is 17.7 Å². The largest absolute Gasteiger partial charge is 0.348 e. The fourth-order valence-electron chi connectivity index (χ4n) is 1.91. The van der Waals surface area contributed by atoms with Crippen molar-refractivity contribution in [1.82, 2.24) is 4.98 Å². The zero-order valence-corrected chi connectivity index (χ0v) is 10.9. The molecule has 0 aromatic carbocycles. The highest BCUT2D eigenvalue weighted by Crippen LogP contribution is 2.33. The minimum atomic E-state index is 0.569. The number of hydrogen-bond donors (Lipinski definition) is 0. The fraction of sp³-hybridized carbons (Fsp3) is 0.308. The Balaban J connectivity index is 1.85. The Kier molecular flexibility index (Phi) is 3.04. The zero-order valence-electron chi connectivity index (χ0n) is 9.34. The minimum Gasteiger partial charge on any atom is -0.348 e. The molecule has 0 aliphatic heterocycles. The van der Waals surface area contributed by atoms with E-state index in [4.69, 9.17) is 11.6 Å². The van der Waals surface area contributed by atoms with Crippen molar-refractivity contribution in [2.75, 3.05) is 4.90 Å². The van der Waals surface area contributed by atoms with Gasteiger partial charge in [-0.15, -0.1) is 11.3 Å². The standard InChI is InChI=1S/C13H13ClN2S/c14-12-4-1-5-13(15-12)16(10-6-7-10)9-11-3-2-8-17-11/h1-5,8,10H,6-7,9H2. The molecule has 0 amide bonds. The van der Waals surface area contributed by atoms with Gasteiger partial charge in [0, 0.05) is 10.9 Å². The number of rotatable bonds is 4. The van der Waals surface area contributed by atoms with Gasteiger partial charge in [0.1, 0.15) is 11.0 Å². The van der Waals surface area contributed by atoms with Crippen molar-refractivity contribution in [3.05, 3.63) is 45.7 Å². The van der Waals surface area contributed by atoms with Crippen LogP contribution in [0.5, 0.6) is 0 Å². The SMILES string of the molecule is Clc1cccc(N(Cc2cccs2)C2CC2)n1. The number of halogens is 1. The highest BCUT2D eigenvalue weighted by atomic mass is 35.5. The second-order valence-corrected chi connectivity index (χ2v) is 5.68. The molecule has 2 aromatic rings. The van der Waals surface area contributed by atoms with Gasteiger partial charge in [0.15, 0.2) is 0 Å². The maximum Gasteiger partial charge on any atom is 0.131 e. The van der Waals surface area contributed by atoms with Gasteiger partial charge in [0.2, 0.25) is 0 Å². The second-order valence-electron chi connectivity index (χ2n) is 4.26. The lowest BCUT2D eigenvalue weighted by Gasteiger charge is -2.22. The van der Waals surface area contributed by atoms with Gasteiger partial charge in [-0.2, -0.15) is 0 Å². The first-order valence-electron chi connectivity index (χ1n) is 5.74. The van der Waals surface area contributed by atoms with Crippen molar-refractivity contribution in [3.63, 3.8) is 0 Å². The molecule has 0 atom stereocenters. The van der Waals surface area contributed by atoms with Crippen LogP contribution in [0.1, 0.15) is 17.7 Å². The van der Waals surface area contributed by atoms with Gasteiger partial charge in [-0.3, -0.25) is 0 Å². The van der Waals surface area contributed by atoms with E-state index in [1.54, 1.807) is 11.3 Å². The summed E-state index contributed by atoms with van der Waals surface area (Å²) in [5, 5.41) is 2.69. The molecule has 1 saturated carbocycles. The first-order chi connectivity index (χ1) is 8.33. The van der Waals surface area contributed by atoms with Crippen molar-refractivity contribution in [2.45, 2.75) is 25.4 Å². The molecule has 88 valence electrons. The van der Waals surface area contributed by atoms with Crippen LogP contribution in [0.3, 0.4) is 0 Å². The van der Waals surface area contributed by atoms with Gasteiger partial charge < -0.3 is 4.90 Å². The molecule has 0 unspecified atom stereocenters. The Morgan fingerprint density at radius 3 is 2.82 bits per heavy atom. The van der Waals surface area contributed by atoms with Gasteiger partial charge in [-0.05, 0) is 36.4 Å². The first kappa shape index (κ1) is 11.1. The number of anilines is 1. The predicted octanol–water partition coefficient (Wildman–Crippen LogP) is 3.97. The number of aromatic nitrogens is 1. The molecular weight excluding hydrogens is 252 g/mol. The third-order valence-electron chi connectivity index (χ3n) is 2.89. The van der Waals surface area contributed by atoms with Crippen LogP contribution in [0.25, 0.3) is 0 Å². The smallest absolute Gasteiger partial charge is 0.131 e. The lowest BCUT2D eigenvalue weighted by Crippen LogP contribution is -2.25. The predicted molar refractivity (Wildman–Crippen MR) is 72.8 cm³/mol.